The average Bonchev–Trinajstić information content (AvgIpc) is 2.60. The van der Waals surface area contributed by atoms with Crippen molar-refractivity contribution in [3.63, 3.8) is 0 Å². The molecule has 0 amide bonds. The van der Waals surface area contributed by atoms with E-state index in [4.69, 9.17) is 10.5 Å². The zero-order valence-corrected chi connectivity index (χ0v) is 12.7. The van der Waals surface area contributed by atoms with Crippen LogP contribution < -0.4 is 0 Å². The monoisotopic (exact) mass is 266 g/mol. The van der Waals surface area contributed by atoms with Crippen LogP contribution in [0.5, 0.6) is 0 Å². The first-order chi connectivity index (χ1) is 9.86. The fraction of sp³-hybridized carbons (Fsp3) is 0.222. The topological polar surface area (TPSA) is 47.6 Å². The van der Waals surface area contributed by atoms with Crippen molar-refractivity contribution in [3.05, 3.63) is 71.8 Å². The molecule has 2 nitrogen and oxygen atoms in total. The van der Waals surface area contributed by atoms with Gasteiger partial charge in [-0.2, -0.15) is 10.5 Å². The van der Waals surface area contributed by atoms with Gasteiger partial charge in [-0.25, -0.2) is 0 Å². The van der Waals surface area contributed by atoms with Gasteiger partial charge in [-0.15, -0.1) is 0 Å². The van der Waals surface area contributed by atoms with Crippen molar-refractivity contribution < 1.29 is 0 Å². The second-order valence-corrected chi connectivity index (χ2v) is 2.96. The lowest BCUT2D eigenvalue weighted by Gasteiger charge is -1.80. The van der Waals surface area contributed by atoms with Gasteiger partial charge in [-0.1, -0.05) is 64.1 Å². The summed E-state index contributed by atoms with van der Waals surface area (Å²) in [6, 6.07) is 22.3. The molecule has 104 valence electrons. The standard InChI is InChI=1S/2C7H5N.2C2H6/c2*8-6-7-4-2-1-3-5-7;2*1-2/h2*1-5H;2*1-2H3. The van der Waals surface area contributed by atoms with Crippen LogP contribution in [0.25, 0.3) is 0 Å². The quantitative estimate of drug-likeness (QED) is 0.660. The molecular weight excluding hydrogens is 244 g/mol. The van der Waals surface area contributed by atoms with Crippen molar-refractivity contribution in [2.45, 2.75) is 27.7 Å². The highest BCUT2D eigenvalue weighted by atomic mass is 14.2. The Labute approximate surface area is 122 Å². The minimum absolute atomic E-state index is 0.715. The van der Waals surface area contributed by atoms with Crippen molar-refractivity contribution >= 4 is 0 Å². The average molecular weight is 266 g/mol. The number of rotatable bonds is 0. The van der Waals surface area contributed by atoms with Crippen LogP contribution in [-0.4, -0.2) is 0 Å². The molecular formula is C18H22N2. The predicted molar refractivity (Wildman–Crippen MR) is 85.0 cm³/mol. The number of nitriles is 2. The summed E-state index contributed by atoms with van der Waals surface area (Å²) >= 11 is 0. The van der Waals surface area contributed by atoms with Crippen molar-refractivity contribution in [1.29, 1.82) is 10.5 Å². The third kappa shape index (κ3) is 10.6. The van der Waals surface area contributed by atoms with Gasteiger partial charge in [0, 0.05) is 0 Å². The summed E-state index contributed by atoms with van der Waals surface area (Å²) in [6.45, 7) is 8.00. The van der Waals surface area contributed by atoms with E-state index in [9.17, 15) is 0 Å². The maximum atomic E-state index is 8.29. The van der Waals surface area contributed by atoms with Crippen LogP contribution >= 0.6 is 0 Å². The van der Waals surface area contributed by atoms with Crippen LogP contribution in [0.4, 0.5) is 0 Å². The second-order valence-electron chi connectivity index (χ2n) is 2.96. The highest BCUT2D eigenvalue weighted by Crippen LogP contribution is 1.93. The van der Waals surface area contributed by atoms with Crippen molar-refractivity contribution in [2.75, 3.05) is 0 Å². The second kappa shape index (κ2) is 16.4. The molecule has 0 aromatic heterocycles. The molecule has 0 saturated carbocycles. The summed E-state index contributed by atoms with van der Waals surface area (Å²) in [5.74, 6) is 0. The molecule has 0 spiro atoms. The van der Waals surface area contributed by atoms with Gasteiger partial charge in [0.2, 0.25) is 0 Å². The van der Waals surface area contributed by atoms with E-state index in [0.717, 1.165) is 0 Å². The van der Waals surface area contributed by atoms with E-state index < -0.39 is 0 Å². The molecule has 0 atom stereocenters. The molecule has 0 aliphatic rings. The Bertz CT molecular complexity index is 441. The molecule has 20 heavy (non-hydrogen) atoms. The third-order valence-corrected chi connectivity index (χ3v) is 1.81. The highest BCUT2D eigenvalue weighted by Gasteiger charge is 1.80. The zero-order chi connectivity index (χ0) is 15.6. The lowest BCUT2D eigenvalue weighted by atomic mass is 10.2. The first kappa shape index (κ1) is 19.8. The fourth-order valence-electron chi connectivity index (χ4n) is 1.03. The van der Waals surface area contributed by atoms with Gasteiger partial charge in [0.05, 0.1) is 23.3 Å². The fourth-order valence-corrected chi connectivity index (χ4v) is 1.03. The van der Waals surface area contributed by atoms with E-state index in [1.165, 1.54) is 0 Å². The van der Waals surface area contributed by atoms with E-state index >= 15 is 0 Å². The highest BCUT2D eigenvalue weighted by molar-refractivity contribution is 5.27. The minimum atomic E-state index is 0.715. The first-order valence-corrected chi connectivity index (χ1v) is 6.77. The van der Waals surface area contributed by atoms with E-state index in [0.29, 0.717) is 11.1 Å². The lowest BCUT2D eigenvalue weighted by Crippen LogP contribution is -1.66. The van der Waals surface area contributed by atoms with Crippen LogP contribution in [-0.2, 0) is 0 Å². The molecule has 0 aliphatic carbocycles. The maximum Gasteiger partial charge on any atom is 0.0991 e. The normalized spacial score (nSPS) is 6.90. The third-order valence-electron chi connectivity index (χ3n) is 1.81. The minimum Gasteiger partial charge on any atom is -0.192 e. The molecule has 2 aromatic rings. The Balaban J connectivity index is 0. The predicted octanol–water partition coefficient (Wildman–Crippen LogP) is 5.17. The van der Waals surface area contributed by atoms with Gasteiger partial charge in [0.1, 0.15) is 0 Å². The Kier molecular flexibility index (Phi) is 16.2. The molecule has 0 fully saturated rings. The van der Waals surface area contributed by atoms with Gasteiger partial charge in [-0.05, 0) is 24.3 Å². The Hall–Kier alpha value is -2.58. The largest absolute Gasteiger partial charge is 0.192 e. The number of nitrogens with zero attached hydrogens (tertiary/aromatic N) is 2. The molecule has 0 unspecified atom stereocenters. The van der Waals surface area contributed by atoms with Crippen molar-refractivity contribution in [3.8, 4) is 12.1 Å². The van der Waals surface area contributed by atoms with Gasteiger partial charge < -0.3 is 0 Å². The smallest absolute Gasteiger partial charge is 0.0991 e. The number of hydrogen-bond donors (Lipinski definition) is 0. The first-order valence-electron chi connectivity index (χ1n) is 6.77. The molecule has 0 radical (unpaired) electrons. The summed E-state index contributed by atoms with van der Waals surface area (Å²) < 4.78 is 0. The molecule has 0 N–H and O–H groups in total. The Morgan fingerprint density at radius 3 is 0.950 bits per heavy atom. The van der Waals surface area contributed by atoms with Crippen LogP contribution in [0.1, 0.15) is 38.8 Å². The molecule has 0 heterocycles. The summed E-state index contributed by atoms with van der Waals surface area (Å²) in [4.78, 5) is 0. The van der Waals surface area contributed by atoms with Crippen LogP contribution in [0.15, 0.2) is 60.7 Å². The van der Waals surface area contributed by atoms with E-state index in [2.05, 4.69) is 0 Å². The summed E-state index contributed by atoms with van der Waals surface area (Å²) in [5.41, 5.74) is 1.43. The summed E-state index contributed by atoms with van der Waals surface area (Å²) in [6.07, 6.45) is 0. The molecule has 0 bridgehead atoms. The Morgan fingerprint density at radius 2 is 0.800 bits per heavy atom. The molecule has 2 rings (SSSR count). The van der Waals surface area contributed by atoms with Crippen molar-refractivity contribution in [2.24, 2.45) is 0 Å². The van der Waals surface area contributed by atoms with Gasteiger partial charge >= 0.3 is 0 Å². The maximum absolute atomic E-state index is 8.29. The SMILES string of the molecule is CC.CC.N#Cc1ccccc1.N#Cc1ccccc1. The van der Waals surface area contributed by atoms with Crippen molar-refractivity contribution in [1.82, 2.24) is 0 Å². The van der Waals surface area contributed by atoms with Gasteiger partial charge in [-0.3, -0.25) is 0 Å². The number of benzene rings is 2. The van der Waals surface area contributed by atoms with Gasteiger partial charge in [0.15, 0.2) is 0 Å². The summed E-state index contributed by atoms with van der Waals surface area (Å²) in [7, 11) is 0. The van der Waals surface area contributed by atoms with Crippen LogP contribution in [0.2, 0.25) is 0 Å². The zero-order valence-electron chi connectivity index (χ0n) is 12.7. The molecule has 0 aliphatic heterocycles. The van der Waals surface area contributed by atoms with E-state index in [-0.39, 0.29) is 0 Å². The Morgan fingerprint density at radius 1 is 0.550 bits per heavy atom. The molecule has 2 heteroatoms. The molecule has 0 saturated heterocycles. The summed E-state index contributed by atoms with van der Waals surface area (Å²) in [5, 5.41) is 16.6. The van der Waals surface area contributed by atoms with Crippen LogP contribution in [0, 0.1) is 22.7 Å². The van der Waals surface area contributed by atoms with Crippen LogP contribution in [0.3, 0.4) is 0 Å². The molecule has 2 aromatic carbocycles. The number of hydrogen-bond acceptors (Lipinski definition) is 2. The lowest BCUT2D eigenvalue weighted by molar-refractivity contribution is 1.49. The van der Waals surface area contributed by atoms with Gasteiger partial charge in [0.25, 0.3) is 0 Å². The van der Waals surface area contributed by atoms with E-state index in [1.54, 1.807) is 24.3 Å². The van der Waals surface area contributed by atoms with E-state index in [1.807, 2.05) is 76.2 Å².